The van der Waals surface area contributed by atoms with Crippen molar-refractivity contribution in [2.24, 2.45) is 0 Å². The van der Waals surface area contributed by atoms with Crippen LogP contribution in [-0.4, -0.2) is 11.5 Å². The molecular weight excluding hydrogens is 251 g/mol. The molecule has 106 valence electrons. The van der Waals surface area contributed by atoms with Gasteiger partial charge in [-0.05, 0) is 44.5 Å². The van der Waals surface area contributed by atoms with Gasteiger partial charge in [-0.3, -0.25) is 4.98 Å². The van der Waals surface area contributed by atoms with Crippen LogP contribution in [0.1, 0.15) is 35.3 Å². The number of nitrogens with one attached hydrogen (secondary N) is 1. The van der Waals surface area contributed by atoms with Gasteiger partial charge < -0.3 is 5.32 Å². The number of pyridine rings is 1. The Morgan fingerprint density at radius 2 is 1.90 bits per heavy atom. The number of aryl methyl sites for hydroxylation is 2. The fourth-order valence-electron chi connectivity index (χ4n) is 2.59. The van der Waals surface area contributed by atoms with Crippen molar-refractivity contribution >= 4 is 0 Å². The van der Waals surface area contributed by atoms with Gasteiger partial charge in [-0.1, -0.05) is 36.2 Å². The second-order valence-electron chi connectivity index (χ2n) is 5.18. The Morgan fingerprint density at radius 3 is 2.50 bits per heavy atom. The van der Waals surface area contributed by atoms with E-state index >= 15 is 0 Å². The summed E-state index contributed by atoms with van der Waals surface area (Å²) in [7, 11) is 0. The van der Waals surface area contributed by atoms with Gasteiger partial charge in [-0.25, -0.2) is 4.39 Å². The standard InChI is InChI=1S/C17H21FN2/c1-4-19-16(17-15(18)6-5-7-20-17)11-14-9-12(2)8-13(3)10-14/h5-10,16,19H,4,11H2,1-3H3. The summed E-state index contributed by atoms with van der Waals surface area (Å²) in [4.78, 5) is 4.20. The maximum absolute atomic E-state index is 13.9. The van der Waals surface area contributed by atoms with Gasteiger partial charge >= 0.3 is 0 Å². The van der Waals surface area contributed by atoms with Crippen molar-refractivity contribution in [3.63, 3.8) is 0 Å². The molecule has 20 heavy (non-hydrogen) atoms. The van der Waals surface area contributed by atoms with Crippen LogP contribution in [-0.2, 0) is 6.42 Å². The highest BCUT2D eigenvalue weighted by Crippen LogP contribution is 2.20. The zero-order valence-electron chi connectivity index (χ0n) is 12.3. The number of rotatable bonds is 5. The van der Waals surface area contributed by atoms with E-state index in [0.717, 1.165) is 13.0 Å². The molecule has 1 N–H and O–H groups in total. The maximum Gasteiger partial charge on any atom is 0.146 e. The summed E-state index contributed by atoms with van der Waals surface area (Å²) < 4.78 is 13.9. The van der Waals surface area contributed by atoms with Gasteiger partial charge in [0.15, 0.2) is 0 Å². The van der Waals surface area contributed by atoms with Crippen LogP contribution in [0.3, 0.4) is 0 Å². The fraction of sp³-hybridized carbons (Fsp3) is 0.353. The minimum Gasteiger partial charge on any atom is -0.309 e. The van der Waals surface area contributed by atoms with E-state index < -0.39 is 0 Å². The molecule has 2 aromatic rings. The molecule has 1 aromatic heterocycles. The molecule has 0 aliphatic carbocycles. The Labute approximate surface area is 120 Å². The third-order valence-corrected chi connectivity index (χ3v) is 3.29. The molecule has 0 saturated heterocycles. The summed E-state index contributed by atoms with van der Waals surface area (Å²) in [6, 6.07) is 9.44. The summed E-state index contributed by atoms with van der Waals surface area (Å²) in [5.74, 6) is -0.247. The van der Waals surface area contributed by atoms with Crippen LogP contribution in [0.15, 0.2) is 36.5 Å². The normalized spacial score (nSPS) is 12.4. The molecule has 1 heterocycles. The number of nitrogens with zero attached hydrogens (tertiary/aromatic N) is 1. The van der Waals surface area contributed by atoms with Crippen LogP contribution in [0.4, 0.5) is 4.39 Å². The minimum atomic E-state index is -0.247. The van der Waals surface area contributed by atoms with E-state index in [4.69, 9.17) is 0 Å². The number of hydrogen-bond acceptors (Lipinski definition) is 2. The first kappa shape index (κ1) is 14.7. The van der Waals surface area contributed by atoms with Gasteiger partial charge in [0.2, 0.25) is 0 Å². The molecule has 3 heteroatoms. The first-order valence-corrected chi connectivity index (χ1v) is 7.01. The number of likely N-dealkylation sites (N-methyl/N-ethyl adjacent to an activating group) is 1. The van der Waals surface area contributed by atoms with Gasteiger partial charge in [0.25, 0.3) is 0 Å². The lowest BCUT2D eigenvalue weighted by atomic mass is 9.99. The highest BCUT2D eigenvalue weighted by Gasteiger charge is 2.16. The molecule has 1 atom stereocenters. The maximum atomic E-state index is 13.9. The highest BCUT2D eigenvalue weighted by atomic mass is 19.1. The SMILES string of the molecule is CCNC(Cc1cc(C)cc(C)c1)c1ncccc1F. The van der Waals surface area contributed by atoms with Crippen LogP contribution in [0.5, 0.6) is 0 Å². The molecule has 2 nitrogen and oxygen atoms in total. The third kappa shape index (κ3) is 3.64. The lowest BCUT2D eigenvalue weighted by Crippen LogP contribution is -2.25. The van der Waals surface area contributed by atoms with Crippen LogP contribution in [0.25, 0.3) is 0 Å². The second kappa shape index (κ2) is 6.62. The Balaban J connectivity index is 2.28. The van der Waals surface area contributed by atoms with E-state index in [1.807, 2.05) is 6.92 Å². The quantitative estimate of drug-likeness (QED) is 0.897. The summed E-state index contributed by atoms with van der Waals surface area (Å²) in [5, 5.41) is 3.32. The molecule has 2 rings (SSSR count). The number of hydrogen-bond donors (Lipinski definition) is 1. The van der Waals surface area contributed by atoms with Gasteiger partial charge in [0.05, 0.1) is 11.7 Å². The average Bonchev–Trinajstić information content (AvgIpc) is 2.37. The summed E-state index contributed by atoms with van der Waals surface area (Å²) in [5.41, 5.74) is 4.17. The first-order chi connectivity index (χ1) is 9.60. The topological polar surface area (TPSA) is 24.9 Å². The minimum absolute atomic E-state index is 0.0950. The third-order valence-electron chi connectivity index (χ3n) is 3.29. The van der Waals surface area contributed by atoms with E-state index in [0.29, 0.717) is 5.69 Å². The Hall–Kier alpha value is -1.74. The number of halogens is 1. The van der Waals surface area contributed by atoms with Gasteiger partial charge in [0.1, 0.15) is 5.82 Å². The predicted molar refractivity (Wildman–Crippen MR) is 80.2 cm³/mol. The Kier molecular flexibility index (Phi) is 4.85. The zero-order chi connectivity index (χ0) is 14.5. The molecule has 1 unspecified atom stereocenters. The van der Waals surface area contributed by atoms with Crippen molar-refractivity contribution in [1.82, 2.24) is 10.3 Å². The van der Waals surface area contributed by atoms with E-state index in [9.17, 15) is 4.39 Å². The summed E-state index contributed by atoms with van der Waals surface area (Å²) >= 11 is 0. The Morgan fingerprint density at radius 1 is 1.20 bits per heavy atom. The first-order valence-electron chi connectivity index (χ1n) is 7.01. The average molecular weight is 272 g/mol. The Bertz CT molecular complexity index is 561. The lowest BCUT2D eigenvalue weighted by molar-refractivity contribution is 0.494. The summed E-state index contributed by atoms with van der Waals surface area (Å²) in [6.07, 6.45) is 2.38. The number of benzene rings is 1. The molecule has 0 spiro atoms. The van der Waals surface area contributed by atoms with Crippen molar-refractivity contribution in [2.75, 3.05) is 6.54 Å². The smallest absolute Gasteiger partial charge is 0.146 e. The van der Waals surface area contributed by atoms with E-state index in [1.165, 1.54) is 22.8 Å². The van der Waals surface area contributed by atoms with E-state index in [1.54, 1.807) is 12.3 Å². The van der Waals surface area contributed by atoms with E-state index in [2.05, 4.69) is 42.3 Å². The molecule has 0 radical (unpaired) electrons. The zero-order valence-corrected chi connectivity index (χ0v) is 12.3. The monoisotopic (exact) mass is 272 g/mol. The molecule has 0 saturated carbocycles. The van der Waals surface area contributed by atoms with E-state index in [-0.39, 0.29) is 11.9 Å². The van der Waals surface area contributed by atoms with Gasteiger partial charge in [0, 0.05) is 6.20 Å². The van der Waals surface area contributed by atoms with Crippen molar-refractivity contribution in [1.29, 1.82) is 0 Å². The van der Waals surface area contributed by atoms with Crippen molar-refractivity contribution in [3.05, 3.63) is 64.7 Å². The van der Waals surface area contributed by atoms with Crippen LogP contribution in [0, 0.1) is 19.7 Å². The largest absolute Gasteiger partial charge is 0.309 e. The molecule has 0 bridgehead atoms. The molecule has 1 aromatic carbocycles. The van der Waals surface area contributed by atoms with Crippen molar-refractivity contribution in [3.8, 4) is 0 Å². The van der Waals surface area contributed by atoms with Crippen molar-refractivity contribution < 1.29 is 4.39 Å². The molecule has 0 amide bonds. The van der Waals surface area contributed by atoms with Crippen LogP contribution >= 0.6 is 0 Å². The van der Waals surface area contributed by atoms with Crippen molar-refractivity contribution in [2.45, 2.75) is 33.2 Å². The second-order valence-corrected chi connectivity index (χ2v) is 5.18. The molecule has 0 aliphatic heterocycles. The molecular formula is C17H21FN2. The van der Waals surface area contributed by atoms with Gasteiger partial charge in [-0.15, -0.1) is 0 Å². The van der Waals surface area contributed by atoms with Crippen LogP contribution < -0.4 is 5.32 Å². The number of aromatic nitrogens is 1. The predicted octanol–water partition coefficient (Wildman–Crippen LogP) is 3.73. The fourth-order valence-corrected chi connectivity index (χ4v) is 2.59. The molecule has 0 aliphatic rings. The summed E-state index contributed by atoms with van der Waals surface area (Å²) in [6.45, 7) is 6.97. The lowest BCUT2D eigenvalue weighted by Gasteiger charge is -2.18. The van der Waals surface area contributed by atoms with Gasteiger partial charge in [-0.2, -0.15) is 0 Å². The van der Waals surface area contributed by atoms with Crippen LogP contribution in [0.2, 0.25) is 0 Å². The molecule has 0 fully saturated rings. The highest BCUT2D eigenvalue weighted by molar-refractivity contribution is 5.30.